The number of rotatable bonds is 6. The third-order valence-corrected chi connectivity index (χ3v) is 9.70. The Hall–Kier alpha value is -6.91. The zero-order valence-electron chi connectivity index (χ0n) is 27.5. The van der Waals surface area contributed by atoms with Gasteiger partial charge in [-0.3, -0.25) is 0 Å². The molecule has 10 aromatic rings. The van der Waals surface area contributed by atoms with E-state index in [2.05, 4.69) is 150 Å². The monoisotopic (exact) mass is 654 g/mol. The average molecular weight is 655 g/mol. The van der Waals surface area contributed by atoms with Crippen LogP contribution in [0.5, 0.6) is 0 Å². The minimum atomic E-state index is 0.604. The van der Waals surface area contributed by atoms with Gasteiger partial charge in [0.15, 0.2) is 5.58 Å². The van der Waals surface area contributed by atoms with Crippen LogP contribution in [0.15, 0.2) is 191 Å². The Balaban J connectivity index is 1.01. The summed E-state index contributed by atoms with van der Waals surface area (Å²) in [5.41, 5.74) is 12.2. The third kappa shape index (κ3) is 5.04. The van der Waals surface area contributed by atoms with Crippen molar-refractivity contribution in [3.63, 3.8) is 0 Å². The molecule has 4 nitrogen and oxygen atoms in total. The molecule has 0 N–H and O–H groups in total. The molecule has 0 bridgehead atoms. The highest BCUT2D eigenvalue weighted by Gasteiger charge is 2.18. The normalized spacial score (nSPS) is 11.5. The minimum Gasteiger partial charge on any atom is -0.456 e. The van der Waals surface area contributed by atoms with Gasteiger partial charge in [-0.1, -0.05) is 109 Å². The zero-order valence-corrected chi connectivity index (χ0v) is 27.5. The number of fused-ring (bicyclic) bond motifs is 6. The Morgan fingerprint density at radius 2 is 0.941 bits per heavy atom. The van der Waals surface area contributed by atoms with E-state index in [0.29, 0.717) is 5.89 Å². The molecule has 51 heavy (non-hydrogen) atoms. The van der Waals surface area contributed by atoms with Gasteiger partial charge in [0.05, 0.1) is 0 Å². The molecule has 2 heterocycles. The van der Waals surface area contributed by atoms with Gasteiger partial charge in [0.2, 0.25) is 5.89 Å². The Morgan fingerprint density at radius 3 is 1.65 bits per heavy atom. The lowest BCUT2D eigenvalue weighted by molar-refractivity contribution is 0.620. The first-order valence-corrected chi connectivity index (χ1v) is 17.1. The highest BCUT2D eigenvalue weighted by Crippen LogP contribution is 2.42. The van der Waals surface area contributed by atoms with Gasteiger partial charge in [0.1, 0.15) is 16.7 Å². The summed E-state index contributed by atoms with van der Waals surface area (Å²) in [6.45, 7) is 0. The highest BCUT2D eigenvalue weighted by molar-refractivity contribution is 6.22. The van der Waals surface area contributed by atoms with E-state index in [0.717, 1.165) is 77.7 Å². The molecule has 240 valence electrons. The minimum absolute atomic E-state index is 0.604. The number of anilines is 3. The van der Waals surface area contributed by atoms with Crippen molar-refractivity contribution in [2.45, 2.75) is 0 Å². The van der Waals surface area contributed by atoms with Gasteiger partial charge in [-0.25, -0.2) is 4.98 Å². The molecule has 0 radical (unpaired) electrons. The molecule has 0 aliphatic carbocycles. The summed E-state index contributed by atoms with van der Waals surface area (Å²) in [5.74, 6) is 0.604. The number of aromatic nitrogens is 1. The van der Waals surface area contributed by atoms with Gasteiger partial charge in [-0.2, -0.15) is 0 Å². The van der Waals surface area contributed by atoms with Crippen LogP contribution in [-0.4, -0.2) is 4.98 Å². The fraction of sp³-hybridized carbons (Fsp3) is 0. The smallest absolute Gasteiger partial charge is 0.227 e. The van der Waals surface area contributed by atoms with Crippen LogP contribution in [0, 0.1) is 0 Å². The SMILES string of the molecule is c1ccc(N(c2ccccc2)c2ccc(-c3ccc(-c4cc5oc6ccc(-c7nc8ccccc8o7)cc6c5c5ccccc45)cc3)cc2)cc1. The predicted molar refractivity (Wildman–Crippen MR) is 210 cm³/mol. The Kier molecular flexibility index (Phi) is 6.78. The van der Waals surface area contributed by atoms with Crippen molar-refractivity contribution >= 4 is 60.9 Å². The molecule has 10 rings (SSSR count). The number of hydrogen-bond acceptors (Lipinski definition) is 4. The first-order chi connectivity index (χ1) is 25.3. The summed E-state index contributed by atoms with van der Waals surface area (Å²) in [6.07, 6.45) is 0. The van der Waals surface area contributed by atoms with E-state index in [4.69, 9.17) is 13.8 Å². The number of nitrogens with zero attached hydrogens (tertiary/aromatic N) is 2. The van der Waals surface area contributed by atoms with Gasteiger partial charge in [0.25, 0.3) is 0 Å². The van der Waals surface area contributed by atoms with Gasteiger partial charge in [0, 0.05) is 33.4 Å². The van der Waals surface area contributed by atoms with Crippen molar-refractivity contribution < 1.29 is 8.83 Å². The number of para-hydroxylation sites is 4. The first-order valence-electron chi connectivity index (χ1n) is 17.1. The molecule has 0 unspecified atom stereocenters. The number of furan rings is 1. The molecular formula is C47H30N2O2. The quantitative estimate of drug-likeness (QED) is 0.179. The molecule has 0 saturated carbocycles. The van der Waals surface area contributed by atoms with E-state index in [1.807, 2.05) is 36.4 Å². The summed E-state index contributed by atoms with van der Waals surface area (Å²) >= 11 is 0. The van der Waals surface area contributed by atoms with Crippen molar-refractivity contribution in [1.29, 1.82) is 0 Å². The maximum Gasteiger partial charge on any atom is 0.227 e. The standard InChI is InChI=1S/C47H30N2O2/c1-3-11-35(12-4-1)49(36-13-5-2-6-14-36)37-26-23-32(24-27-37)31-19-21-33(22-20-31)40-30-45-46(39-16-8-7-15-38(39)40)41-29-34(25-28-43(41)50-45)47-48-42-17-9-10-18-44(42)51-47/h1-30H. The second-order valence-electron chi connectivity index (χ2n) is 12.8. The number of benzene rings is 8. The van der Waals surface area contributed by atoms with Gasteiger partial charge >= 0.3 is 0 Å². The van der Waals surface area contributed by atoms with Crippen LogP contribution in [0.1, 0.15) is 0 Å². The lowest BCUT2D eigenvalue weighted by atomic mass is 9.93. The average Bonchev–Trinajstić information content (AvgIpc) is 3.81. The van der Waals surface area contributed by atoms with Crippen LogP contribution in [0.4, 0.5) is 17.1 Å². The molecule has 0 aliphatic heterocycles. The summed E-state index contributed by atoms with van der Waals surface area (Å²) in [4.78, 5) is 7.02. The maximum absolute atomic E-state index is 6.50. The molecule has 0 spiro atoms. The summed E-state index contributed by atoms with van der Waals surface area (Å²) in [6, 6.07) is 63.4. The summed E-state index contributed by atoms with van der Waals surface area (Å²) in [7, 11) is 0. The van der Waals surface area contributed by atoms with Crippen molar-refractivity contribution in [2.24, 2.45) is 0 Å². The fourth-order valence-corrected chi connectivity index (χ4v) is 7.25. The maximum atomic E-state index is 6.50. The lowest BCUT2D eigenvalue weighted by Gasteiger charge is -2.25. The summed E-state index contributed by atoms with van der Waals surface area (Å²) in [5, 5.41) is 4.47. The Labute approximate surface area is 294 Å². The highest BCUT2D eigenvalue weighted by atomic mass is 16.3. The van der Waals surface area contributed by atoms with Crippen LogP contribution in [0.3, 0.4) is 0 Å². The molecule has 0 atom stereocenters. The molecule has 4 heteroatoms. The molecule has 2 aromatic heterocycles. The van der Waals surface area contributed by atoms with Gasteiger partial charge in [-0.05, 0) is 106 Å². The van der Waals surface area contributed by atoms with E-state index >= 15 is 0 Å². The molecule has 0 amide bonds. The van der Waals surface area contributed by atoms with E-state index in [9.17, 15) is 0 Å². The van der Waals surface area contributed by atoms with Gasteiger partial charge in [-0.15, -0.1) is 0 Å². The van der Waals surface area contributed by atoms with Crippen molar-refractivity contribution in [1.82, 2.24) is 4.98 Å². The second-order valence-corrected chi connectivity index (χ2v) is 12.8. The Bertz CT molecular complexity index is 2760. The zero-order chi connectivity index (χ0) is 33.7. The van der Waals surface area contributed by atoms with Crippen molar-refractivity contribution in [3.8, 4) is 33.7 Å². The number of hydrogen-bond donors (Lipinski definition) is 0. The molecule has 8 aromatic carbocycles. The van der Waals surface area contributed by atoms with Crippen molar-refractivity contribution in [3.05, 3.63) is 182 Å². The Morgan fingerprint density at radius 1 is 0.373 bits per heavy atom. The van der Waals surface area contributed by atoms with Crippen LogP contribution < -0.4 is 4.90 Å². The summed E-state index contributed by atoms with van der Waals surface area (Å²) < 4.78 is 12.6. The van der Waals surface area contributed by atoms with E-state index in [1.54, 1.807) is 0 Å². The van der Waals surface area contributed by atoms with Crippen LogP contribution in [0.25, 0.3) is 77.5 Å². The van der Waals surface area contributed by atoms with Crippen LogP contribution in [0.2, 0.25) is 0 Å². The molecule has 0 aliphatic rings. The second kappa shape index (κ2) is 11.9. The van der Waals surface area contributed by atoms with E-state index < -0.39 is 0 Å². The van der Waals surface area contributed by atoms with E-state index in [1.165, 1.54) is 10.9 Å². The van der Waals surface area contributed by atoms with Crippen molar-refractivity contribution in [2.75, 3.05) is 4.90 Å². The van der Waals surface area contributed by atoms with E-state index in [-0.39, 0.29) is 0 Å². The molecule has 0 fully saturated rings. The number of oxazole rings is 1. The fourth-order valence-electron chi connectivity index (χ4n) is 7.25. The third-order valence-electron chi connectivity index (χ3n) is 9.70. The molecular weight excluding hydrogens is 625 g/mol. The lowest BCUT2D eigenvalue weighted by Crippen LogP contribution is -2.09. The topological polar surface area (TPSA) is 42.4 Å². The first kappa shape index (κ1) is 29.0. The van der Waals surface area contributed by atoms with Crippen LogP contribution >= 0.6 is 0 Å². The van der Waals surface area contributed by atoms with Crippen LogP contribution in [-0.2, 0) is 0 Å². The largest absolute Gasteiger partial charge is 0.456 e. The predicted octanol–water partition coefficient (Wildman–Crippen LogP) is 13.4. The van der Waals surface area contributed by atoms with Gasteiger partial charge < -0.3 is 13.7 Å². The molecule has 0 saturated heterocycles.